The molecule has 0 saturated carbocycles. The maximum atomic E-state index is 13.0. The number of amides is 1. The molecule has 1 aromatic heterocycles. The van der Waals surface area contributed by atoms with Crippen LogP contribution in [0.4, 0.5) is 0 Å². The third-order valence-corrected chi connectivity index (χ3v) is 5.49. The topological polar surface area (TPSA) is 38.3 Å². The van der Waals surface area contributed by atoms with Crippen molar-refractivity contribution in [3.8, 4) is 0 Å². The number of hydrogen-bond acceptors (Lipinski definition) is 3. The molecule has 3 rings (SSSR count). The quantitative estimate of drug-likeness (QED) is 0.935. The molecular formula is C18H21NO2S. The number of hydrogen-bond donors (Lipinski definition) is 1. The number of ether oxygens (including phenoxy) is 1. The molecule has 2 aromatic rings. The first kappa shape index (κ1) is 15.3. The number of rotatable bonds is 4. The van der Waals surface area contributed by atoms with Gasteiger partial charge in [-0.1, -0.05) is 36.4 Å². The van der Waals surface area contributed by atoms with Crippen molar-refractivity contribution >= 4 is 17.2 Å². The zero-order valence-electron chi connectivity index (χ0n) is 12.7. The summed E-state index contributed by atoms with van der Waals surface area (Å²) in [5.41, 5.74) is 0.694. The van der Waals surface area contributed by atoms with E-state index in [4.69, 9.17) is 4.74 Å². The molecule has 1 saturated heterocycles. The van der Waals surface area contributed by atoms with Gasteiger partial charge in [0.25, 0.3) is 0 Å². The van der Waals surface area contributed by atoms with Crippen molar-refractivity contribution < 1.29 is 9.53 Å². The first-order valence-corrected chi connectivity index (χ1v) is 8.58. The molecule has 1 aromatic carbocycles. The Morgan fingerprint density at radius 1 is 1.18 bits per heavy atom. The Kier molecular flexibility index (Phi) is 4.60. The van der Waals surface area contributed by atoms with Crippen molar-refractivity contribution in [1.82, 2.24) is 5.32 Å². The highest BCUT2D eigenvalue weighted by Crippen LogP contribution is 2.38. The first-order valence-electron chi connectivity index (χ1n) is 7.70. The lowest BCUT2D eigenvalue weighted by Gasteiger charge is -2.36. The van der Waals surface area contributed by atoms with Gasteiger partial charge in [0.15, 0.2) is 0 Å². The summed E-state index contributed by atoms with van der Waals surface area (Å²) in [5.74, 6) is 0.120. The molecule has 1 aliphatic rings. The van der Waals surface area contributed by atoms with E-state index in [1.807, 2.05) is 48.7 Å². The molecule has 1 fully saturated rings. The van der Waals surface area contributed by atoms with Crippen LogP contribution in [0.5, 0.6) is 0 Å². The van der Waals surface area contributed by atoms with Gasteiger partial charge in [0.1, 0.15) is 0 Å². The summed E-state index contributed by atoms with van der Waals surface area (Å²) in [4.78, 5) is 14.2. The SMILES string of the molecule is C[C@@H](NC(=O)C1(c2cccs2)CCOCC1)c1ccccc1. The van der Waals surface area contributed by atoms with Crippen LogP contribution in [0.2, 0.25) is 0 Å². The van der Waals surface area contributed by atoms with Gasteiger partial charge in [-0.05, 0) is 36.8 Å². The van der Waals surface area contributed by atoms with Gasteiger partial charge in [0.05, 0.1) is 11.5 Å². The van der Waals surface area contributed by atoms with Gasteiger partial charge in [-0.25, -0.2) is 0 Å². The van der Waals surface area contributed by atoms with Gasteiger partial charge in [-0.3, -0.25) is 4.79 Å². The molecule has 0 bridgehead atoms. The zero-order valence-corrected chi connectivity index (χ0v) is 13.6. The van der Waals surface area contributed by atoms with Crippen LogP contribution < -0.4 is 5.32 Å². The number of nitrogens with one attached hydrogen (secondary N) is 1. The molecule has 0 radical (unpaired) electrons. The molecule has 116 valence electrons. The minimum absolute atomic E-state index is 0.00776. The van der Waals surface area contributed by atoms with E-state index < -0.39 is 5.41 Å². The van der Waals surface area contributed by atoms with Crippen LogP contribution in [0.3, 0.4) is 0 Å². The molecular weight excluding hydrogens is 294 g/mol. The van der Waals surface area contributed by atoms with Crippen LogP contribution in [0.1, 0.15) is 36.2 Å². The van der Waals surface area contributed by atoms with E-state index in [9.17, 15) is 4.79 Å². The normalized spacial score (nSPS) is 18.6. The highest BCUT2D eigenvalue weighted by Gasteiger charge is 2.42. The summed E-state index contributed by atoms with van der Waals surface area (Å²) in [7, 11) is 0. The lowest BCUT2D eigenvalue weighted by Crippen LogP contribution is -2.48. The van der Waals surface area contributed by atoms with Gasteiger partial charge in [-0.15, -0.1) is 11.3 Å². The van der Waals surface area contributed by atoms with Gasteiger partial charge in [0.2, 0.25) is 5.91 Å². The Bertz CT molecular complexity index is 603. The second-order valence-electron chi connectivity index (χ2n) is 5.78. The second-order valence-corrected chi connectivity index (χ2v) is 6.73. The van der Waals surface area contributed by atoms with Crippen LogP contribution in [0, 0.1) is 0 Å². The Balaban J connectivity index is 1.81. The first-order chi connectivity index (χ1) is 10.7. The Morgan fingerprint density at radius 3 is 2.55 bits per heavy atom. The number of carbonyl (C=O) groups is 1. The summed E-state index contributed by atoms with van der Waals surface area (Å²) in [6, 6.07) is 14.2. The molecule has 1 aliphatic heterocycles. The summed E-state index contributed by atoms with van der Waals surface area (Å²) in [5, 5.41) is 5.25. The lowest BCUT2D eigenvalue weighted by atomic mass is 9.77. The summed E-state index contributed by atoms with van der Waals surface area (Å²) in [6.07, 6.45) is 1.50. The zero-order chi connectivity index (χ0) is 15.4. The van der Waals surface area contributed by atoms with Gasteiger partial charge < -0.3 is 10.1 Å². The van der Waals surface area contributed by atoms with Gasteiger partial charge in [0, 0.05) is 18.1 Å². The van der Waals surface area contributed by atoms with E-state index in [2.05, 4.69) is 11.4 Å². The molecule has 1 N–H and O–H groups in total. The molecule has 1 atom stereocenters. The van der Waals surface area contributed by atoms with E-state index >= 15 is 0 Å². The highest BCUT2D eigenvalue weighted by molar-refractivity contribution is 7.10. The monoisotopic (exact) mass is 315 g/mol. The average Bonchev–Trinajstić information content (AvgIpc) is 3.11. The molecule has 0 spiro atoms. The van der Waals surface area contributed by atoms with Gasteiger partial charge in [-0.2, -0.15) is 0 Å². The van der Waals surface area contributed by atoms with Crippen molar-refractivity contribution in [3.63, 3.8) is 0 Å². The lowest BCUT2D eigenvalue weighted by molar-refractivity contribution is -0.131. The minimum Gasteiger partial charge on any atom is -0.381 e. The Hall–Kier alpha value is -1.65. The van der Waals surface area contributed by atoms with Crippen LogP contribution in [0.15, 0.2) is 47.8 Å². The van der Waals surface area contributed by atoms with Crippen molar-refractivity contribution in [1.29, 1.82) is 0 Å². The van der Waals surface area contributed by atoms with Crippen LogP contribution in [-0.2, 0) is 14.9 Å². The van der Waals surface area contributed by atoms with E-state index in [0.29, 0.717) is 13.2 Å². The molecule has 0 aliphatic carbocycles. The smallest absolute Gasteiger partial charge is 0.232 e. The fraction of sp³-hybridized carbons (Fsp3) is 0.389. The standard InChI is InChI=1S/C18H21NO2S/c1-14(15-6-3-2-4-7-15)19-17(20)18(9-11-21-12-10-18)16-8-5-13-22-16/h2-8,13-14H,9-12H2,1H3,(H,19,20)/t14-/m1/s1. The Morgan fingerprint density at radius 2 is 1.91 bits per heavy atom. The van der Waals surface area contributed by atoms with Gasteiger partial charge >= 0.3 is 0 Å². The molecule has 2 heterocycles. The summed E-state index contributed by atoms with van der Waals surface area (Å²) in [6.45, 7) is 3.32. The van der Waals surface area contributed by atoms with Crippen LogP contribution in [0.25, 0.3) is 0 Å². The van der Waals surface area contributed by atoms with E-state index in [1.54, 1.807) is 11.3 Å². The third-order valence-electron chi connectivity index (χ3n) is 4.42. The Labute approximate surface area is 135 Å². The van der Waals surface area contributed by atoms with Crippen LogP contribution >= 0.6 is 11.3 Å². The predicted molar refractivity (Wildman–Crippen MR) is 89.0 cm³/mol. The number of benzene rings is 1. The van der Waals surface area contributed by atoms with Crippen molar-refractivity contribution in [2.24, 2.45) is 0 Å². The van der Waals surface area contributed by atoms with Crippen LogP contribution in [-0.4, -0.2) is 19.1 Å². The second kappa shape index (κ2) is 6.63. The molecule has 0 unspecified atom stereocenters. The summed E-state index contributed by atoms with van der Waals surface area (Å²) < 4.78 is 5.49. The molecule has 1 amide bonds. The van der Waals surface area contributed by atoms with E-state index in [0.717, 1.165) is 23.3 Å². The van der Waals surface area contributed by atoms with E-state index in [1.165, 1.54) is 0 Å². The summed E-state index contributed by atoms with van der Waals surface area (Å²) >= 11 is 1.66. The highest BCUT2D eigenvalue weighted by atomic mass is 32.1. The number of thiophene rings is 1. The molecule has 4 heteroatoms. The minimum atomic E-state index is -0.435. The maximum absolute atomic E-state index is 13.0. The maximum Gasteiger partial charge on any atom is 0.232 e. The predicted octanol–water partition coefficient (Wildman–Crippen LogP) is 3.67. The van der Waals surface area contributed by atoms with Crippen molar-refractivity contribution in [2.45, 2.75) is 31.2 Å². The van der Waals surface area contributed by atoms with Crippen molar-refractivity contribution in [2.75, 3.05) is 13.2 Å². The average molecular weight is 315 g/mol. The fourth-order valence-electron chi connectivity index (χ4n) is 3.02. The number of carbonyl (C=O) groups excluding carboxylic acids is 1. The third kappa shape index (κ3) is 2.94. The molecule has 22 heavy (non-hydrogen) atoms. The largest absolute Gasteiger partial charge is 0.381 e. The fourth-order valence-corrected chi connectivity index (χ4v) is 4.00. The van der Waals surface area contributed by atoms with E-state index in [-0.39, 0.29) is 11.9 Å². The molecule has 3 nitrogen and oxygen atoms in total. The van der Waals surface area contributed by atoms with Crippen molar-refractivity contribution in [3.05, 3.63) is 58.3 Å².